The van der Waals surface area contributed by atoms with Crippen molar-refractivity contribution < 1.29 is 9.90 Å². The van der Waals surface area contributed by atoms with Crippen LogP contribution in [-0.2, 0) is 4.79 Å². The minimum absolute atomic E-state index is 0.108. The molecule has 4 N–H and O–H groups in total. The summed E-state index contributed by atoms with van der Waals surface area (Å²) in [5, 5.41) is 12.3. The minimum Gasteiger partial charge on any atom is -0.508 e. The second-order valence-electron chi connectivity index (χ2n) is 4.18. The maximum atomic E-state index is 11.5. The third-order valence-electron chi connectivity index (χ3n) is 2.32. The Kier molecular flexibility index (Phi) is 3.90. The van der Waals surface area contributed by atoms with Crippen molar-refractivity contribution in [1.82, 2.24) is 0 Å². The number of carbonyl (C=O) groups excluding carboxylic acids is 1. The number of rotatable bonds is 3. The molecule has 1 aromatic rings. The minimum atomic E-state index is -0.154. The van der Waals surface area contributed by atoms with Gasteiger partial charge < -0.3 is 16.2 Å². The Morgan fingerprint density at radius 2 is 2.06 bits per heavy atom. The summed E-state index contributed by atoms with van der Waals surface area (Å²) in [6.45, 7) is 5.41. The average Bonchev–Trinajstić information content (AvgIpc) is 2.12. The number of benzene rings is 1. The van der Waals surface area contributed by atoms with Crippen LogP contribution in [0.2, 0.25) is 0 Å². The van der Waals surface area contributed by atoms with Gasteiger partial charge in [-0.15, -0.1) is 0 Å². The summed E-state index contributed by atoms with van der Waals surface area (Å²) >= 11 is 0. The Bertz CT molecular complexity index is 400. The maximum absolute atomic E-state index is 11.5. The molecule has 88 valence electrons. The molecule has 0 saturated heterocycles. The molecule has 4 heteroatoms. The highest BCUT2D eigenvalue weighted by molar-refractivity contribution is 5.92. The van der Waals surface area contributed by atoms with Crippen molar-refractivity contribution in [3.8, 4) is 5.75 Å². The Morgan fingerprint density at radius 3 is 2.62 bits per heavy atom. The van der Waals surface area contributed by atoms with Gasteiger partial charge in [-0.3, -0.25) is 4.79 Å². The van der Waals surface area contributed by atoms with Crippen LogP contribution in [-0.4, -0.2) is 17.1 Å². The molecule has 0 aliphatic rings. The SMILES string of the molecule is Cc1cc(NC(=O)CC(C)N)c(C)cc1O. The lowest BCUT2D eigenvalue weighted by molar-refractivity contribution is -0.116. The fourth-order valence-electron chi connectivity index (χ4n) is 1.43. The van der Waals surface area contributed by atoms with E-state index in [1.807, 2.05) is 6.92 Å². The quantitative estimate of drug-likeness (QED) is 0.681. The van der Waals surface area contributed by atoms with Crippen LogP contribution in [0.5, 0.6) is 5.75 Å². The van der Waals surface area contributed by atoms with E-state index in [1.165, 1.54) is 0 Å². The topological polar surface area (TPSA) is 75.4 Å². The number of nitrogens with one attached hydrogen (secondary N) is 1. The summed E-state index contributed by atoms with van der Waals surface area (Å²) in [6.07, 6.45) is 0.291. The number of anilines is 1. The van der Waals surface area contributed by atoms with Gasteiger partial charge in [0.1, 0.15) is 5.75 Å². The van der Waals surface area contributed by atoms with Crippen molar-refractivity contribution in [3.05, 3.63) is 23.3 Å². The summed E-state index contributed by atoms with van der Waals surface area (Å²) in [7, 11) is 0. The summed E-state index contributed by atoms with van der Waals surface area (Å²) < 4.78 is 0. The molecule has 0 aliphatic carbocycles. The van der Waals surface area contributed by atoms with E-state index in [-0.39, 0.29) is 17.7 Å². The first-order chi connectivity index (χ1) is 7.40. The van der Waals surface area contributed by atoms with Gasteiger partial charge in [0.15, 0.2) is 0 Å². The van der Waals surface area contributed by atoms with Crippen LogP contribution >= 0.6 is 0 Å². The number of amides is 1. The van der Waals surface area contributed by atoms with Crippen molar-refractivity contribution in [1.29, 1.82) is 0 Å². The van der Waals surface area contributed by atoms with Gasteiger partial charge in [-0.1, -0.05) is 0 Å². The van der Waals surface area contributed by atoms with Gasteiger partial charge in [0.05, 0.1) is 0 Å². The van der Waals surface area contributed by atoms with Gasteiger partial charge in [0.2, 0.25) is 5.91 Å². The van der Waals surface area contributed by atoms with E-state index in [2.05, 4.69) is 5.32 Å². The third-order valence-corrected chi connectivity index (χ3v) is 2.32. The lowest BCUT2D eigenvalue weighted by atomic mass is 10.1. The molecule has 0 heterocycles. The standard InChI is InChI=1S/C12H18N2O2/c1-7-5-11(15)8(2)4-10(7)14-12(16)6-9(3)13/h4-5,9,15H,6,13H2,1-3H3,(H,14,16). The Balaban J connectivity index is 2.81. The molecule has 16 heavy (non-hydrogen) atoms. The molecule has 0 saturated carbocycles. The van der Waals surface area contributed by atoms with Crippen molar-refractivity contribution in [2.45, 2.75) is 33.2 Å². The first kappa shape index (κ1) is 12.5. The molecule has 1 unspecified atom stereocenters. The van der Waals surface area contributed by atoms with Crippen molar-refractivity contribution in [3.63, 3.8) is 0 Å². The molecule has 1 rings (SSSR count). The number of phenols is 1. The zero-order valence-corrected chi connectivity index (χ0v) is 9.87. The van der Waals surface area contributed by atoms with Gasteiger partial charge in [0.25, 0.3) is 0 Å². The summed E-state index contributed by atoms with van der Waals surface area (Å²) in [6, 6.07) is 3.24. The maximum Gasteiger partial charge on any atom is 0.225 e. The fourth-order valence-corrected chi connectivity index (χ4v) is 1.43. The van der Waals surface area contributed by atoms with Crippen LogP contribution < -0.4 is 11.1 Å². The Labute approximate surface area is 95.5 Å². The van der Waals surface area contributed by atoms with Crippen molar-refractivity contribution in [2.24, 2.45) is 5.73 Å². The number of carbonyl (C=O) groups is 1. The number of nitrogens with two attached hydrogens (primary N) is 1. The molecule has 1 aromatic carbocycles. The smallest absolute Gasteiger partial charge is 0.225 e. The molecule has 0 spiro atoms. The second-order valence-corrected chi connectivity index (χ2v) is 4.18. The fraction of sp³-hybridized carbons (Fsp3) is 0.417. The number of aromatic hydroxyl groups is 1. The summed E-state index contributed by atoms with van der Waals surface area (Å²) in [5.41, 5.74) is 7.83. The van der Waals surface area contributed by atoms with E-state index in [1.54, 1.807) is 26.0 Å². The Hall–Kier alpha value is -1.55. The monoisotopic (exact) mass is 222 g/mol. The molecule has 1 amide bonds. The average molecular weight is 222 g/mol. The van der Waals surface area contributed by atoms with E-state index in [0.717, 1.165) is 16.8 Å². The first-order valence-corrected chi connectivity index (χ1v) is 5.25. The van der Waals surface area contributed by atoms with Crippen LogP contribution in [0.4, 0.5) is 5.69 Å². The zero-order chi connectivity index (χ0) is 12.3. The molecule has 0 bridgehead atoms. The van der Waals surface area contributed by atoms with Crippen molar-refractivity contribution >= 4 is 11.6 Å². The molecule has 4 nitrogen and oxygen atoms in total. The molecular formula is C12H18N2O2. The van der Waals surface area contributed by atoms with Gasteiger partial charge in [-0.25, -0.2) is 0 Å². The van der Waals surface area contributed by atoms with Crippen LogP contribution in [0, 0.1) is 13.8 Å². The highest BCUT2D eigenvalue weighted by Crippen LogP contribution is 2.24. The zero-order valence-electron chi connectivity index (χ0n) is 9.87. The van der Waals surface area contributed by atoms with Crippen LogP contribution in [0.15, 0.2) is 12.1 Å². The first-order valence-electron chi connectivity index (χ1n) is 5.25. The predicted molar refractivity (Wildman–Crippen MR) is 64.5 cm³/mol. The molecular weight excluding hydrogens is 204 g/mol. The van der Waals surface area contributed by atoms with E-state index >= 15 is 0 Å². The van der Waals surface area contributed by atoms with E-state index in [9.17, 15) is 9.90 Å². The summed E-state index contributed by atoms with van der Waals surface area (Å²) in [4.78, 5) is 11.5. The summed E-state index contributed by atoms with van der Waals surface area (Å²) in [5.74, 6) is 0.130. The third kappa shape index (κ3) is 3.24. The molecule has 1 atom stereocenters. The van der Waals surface area contributed by atoms with Crippen LogP contribution in [0.25, 0.3) is 0 Å². The molecule has 0 aliphatic heterocycles. The van der Waals surface area contributed by atoms with Crippen molar-refractivity contribution in [2.75, 3.05) is 5.32 Å². The van der Waals surface area contributed by atoms with E-state index in [0.29, 0.717) is 6.42 Å². The highest BCUT2D eigenvalue weighted by atomic mass is 16.3. The number of hydrogen-bond donors (Lipinski definition) is 3. The molecule has 0 aromatic heterocycles. The predicted octanol–water partition coefficient (Wildman–Crippen LogP) is 1.68. The number of hydrogen-bond acceptors (Lipinski definition) is 3. The Morgan fingerprint density at radius 1 is 1.44 bits per heavy atom. The molecule has 0 fully saturated rings. The van der Waals surface area contributed by atoms with Gasteiger partial charge in [0, 0.05) is 18.2 Å². The van der Waals surface area contributed by atoms with Crippen LogP contribution in [0.1, 0.15) is 24.5 Å². The second kappa shape index (κ2) is 4.99. The lowest BCUT2D eigenvalue weighted by Gasteiger charge is -2.11. The number of phenolic OH excluding ortho intramolecular Hbond substituents is 1. The normalized spacial score (nSPS) is 12.2. The van der Waals surface area contributed by atoms with Gasteiger partial charge in [-0.05, 0) is 44.0 Å². The molecule has 0 radical (unpaired) electrons. The van der Waals surface area contributed by atoms with Gasteiger partial charge >= 0.3 is 0 Å². The van der Waals surface area contributed by atoms with Gasteiger partial charge in [-0.2, -0.15) is 0 Å². The van der Waals surface area contributed by atoms with E-state index in [4.69, 9.17) is 5.73 Å². The largest absolute Gasteiger partial charge is 0.508 e. The van der Waals surface area contributed by atoms with Crippen LogP contribution in [0.3, 0.4) is 0 Å². The number of aryl methyl sites for hydroxylation is 2. The van der Waals surface area contributed by atoms with E-state index < -0.39 is 0 Å². The lowest BCUT2D eigenvalue weighted by Crippen LogP contribution is -2.24. The highest BCUT2D eigenvalue weighted by Gasteiger charge is 2.08.